The molecule has 1 aromatic carbocycles. The number of rotatable bonds is 10. The molecule has 0 saturated heterocycles. The Morgan fingerprint density at radius 3 is 2.12 bits per heavy atom. The van der Waals surface area contributed by atoms with E-state index >= 15 is 0 Å². The highest BCUT2D eigenvalue weighted by Gasteiger charge is 2.29. The molecule has 1 atom stereocenters. The number of carboxylic acids is 2. The number of aliphatic carboxylic acids is 2. The molecule has 0 aliphatic heterocycles. The van der Waals surface area contributed by atoms with E-state index in [0.29, 0.717) is 11.0 Å². The fraction of sp³-hybridized carbons (Fsp3) is 0.429. The van der Waals surface area contributed by atoms with Crippen LogP contribution in [0.4, 0.5) is 13.2 Å². The number of sulfonamides is 1. The van der Waals surface area contributed by atoms with Gasteiger partial charge in [0.25, 0.3) is 10.0 Å². The average molecular weight is 525 g/mol. The lowest BCUT2D eigenvalue weighted by molar-refractivity contribution is -0.871. The van der Waals surface area contributed by atoms with Crippen LogP contribution in [0.1, 0.15) is 16.9 Å². The summed E-state index contributed by atoms with van der Waals surface area (Å²) in [7, 11) is 1.95. The first-order chi connectivity index (χ1) is 15.5. The third-order valence-corrected chi connectivity index (χ3v) is 7.30. The second-order valence-electron chi connectivity index (χ2n) is 8.38. The van der Waals surface area contributed by atoms with Gasteiger partial charge in [0, 0.05) is 4.88 Å². The van der Waals surface area contributed by atoms with E-state index in [9.17, 15) is 26.4 Å². The number of quaternary nitrogens is 1. The maximum atomic E-state index is 12.7. The maximum absolute atomic E-state index is 12.7. The number of benzene rings is 1. The second-order valence-corrected chi connectivity index (χ2v) is 11.5. The minimum absolute atomic E-state index is 0.224. The largest absolute Gasteiger partial charge is 0.542 e. The third kappa shape index (κ3) is 11.6. The van der Waals surface area contributed by atoms with E-state index in [2.05, 4.69) is 4.72 Å². The standard InChI is InChI=1S/C19H26N2O4S2.C2HF3O2/c1-21(2,3)14-16(13-18(22)23)20-27(24,25)19-12-11-17(26-19)10-9-15-7-5-4-6-8-15;3-2(4,5)1(6)7/h4-8,11-12,16,20H,9-10,13-14H2,1-3H3;(H,6,7)/t16-;/m1./s1. The van der Waals surface area contributed by atoms with Gasteiger partial charge in [0.15, 0.2) is 0 Å². The number of nitrogens with one attached hydrogen (secondary N) is 1. The van der Waals surface area contributed by atoms with E-state index in [1.807, 2.05) is 57.5 Å². The van der Waals surface area contributed by atoms with Crippen molar-refractivity contribution in [3.8, 4) is 0 Å². The molecule has 0 saturated carbocycles. The summed E-state index contributed by atoms with van der Waals surface area (Å²) in [5, 5.41) is 17.9. The summed E-state index contributed by atoms with van der Waals surface area (Å²) in [6.07, 6.45) is -3.83. The van der Waals surface area contributed by atoms with Crippen LogP contribution in [0.5, 0.6) is 0 Å². The lowest BCUT2D eigenvalue weighted by Gasteiger charge is -2.28. The van der Waals surface area contributed by atoms with Gasteiger partial charge in [0.05, 0.1) is 40.2 Å². The normalized spacial score (nSPS) is 13.0. The van der Waals surface area contributed by atoms with Crippen molar-refractivity contribution in [1.82, 2.24) is 4.72 Å². The fourth-order valence-electron chi connectivity index (χ4n) is 2.84. The average Bonchev–Trinajstić information content (AvgIpc) is 3.15. The van der Waals surface area contributed by atoms with Gasteiger partial charge in [-0.25, -0.2) is 13.1 Å². The van der Waals surface area contributed by atoms with Crippen molar-refractivity contribution in [1.29, 1.82) is 0 Å². The summed E-state index contributed by atoms with van der Waals surface area (Å²) in [6, 6.07) is 12.8. The van der Waals surface area contributed by atoms with Crippen LogP contribution >= 0.6 is 11.3 Å². The highest BCUT2D eigenvalue weighted by atomic mass is 32.2. The fourth-order valence-corrected chi connectivity index (χ4v) is 5.44. The lowest BCUT2D eigenvalue weighted by atomic mass is 10.1. The molecule has 2 aromatic rings. The van der Waals surface area contributed by atoms with E-state index in [4.69, 9.17) is 15.0 Å². The molecule has 190 valence electrons. The highest BCUT2D eigenvalue weighted by molar-refractivity contribution is 7.91. The summed E-state index contributed by atoms with van der Waals surface area (Å²) in [5.41, 5.74) is 1.21. The van der Waals surface area contributed by atoms with Crippen molar-refractivity contribution in [3.63, 3.8) is 0 Å². The van der Waals surface area contributed by atoms with Gasteiger partial charge < -0.3 is 19.5 Å². The Balaban J connectivity index is 0.000000718. The van der Waals surface area contributed by atoms with Gasteiger partial charge in [-0.2, -0.15) is 13.2 Å². The number of aryl methyl sites for hydroxylation is 2. The molecule has 13 heteroatoms. The van der Waals surface area contributed by atoms with Gasteiger partial charge in [0.2, 0.25) is 0 Å². The van der Waals surface area contributed by atoms with Crippen LogP contribution in [0.25, 0.3) is 0 Å². The molecule has 8 nitrogen and oxygen atoms in total. The van der Waals surface area contributed by atoms with Gasteiger partial charge in [0.1, 0.15) is 10.2 Å². The number of hydrogen-bond donors (Lipinski definition) is 2. The van der Waals surface area contributed by atoms with E-state index in [0.717, 1.165) is 17.7 Å². The van der Waals surface area contributed by atoms with E-state index in [1.165, 1.54) is 16.9 Å². The maximum Gasteiger partial charge on any atom is 0.430 e. The SMILES string of the molecule is C[N+](C)(C)C[C@@H](CC(=O)O)NS(=O)(=O)c1ccc(CCc2ccccc2)s1.O=C([O-])C(F)(F)F. The molecular formula is C21H27F3N2O6S2. The first-order valence-electron chi connectivity index (χ1n) is 9.95. The molecule has 0 bridgehead atoms. The van der Waals surface area contributed by atoms with Crippen LogP contribution in [-0.4, -0.2) is 69.9 Å². The molecule has 0 aliphatic rings. The zero-order valence-corrected chi connectivity index (χ0v) is 20.5. The molecule has 0 amide bonds. The number of hydrogen-bond acceptors (Lipinski definition) is 6. The van der Waals surface area contributed by atoms with E-state index < -0.39 is 34.2 Å². The number of thiophene rings is 1. The van der Waals surface area contributed by atoms with Gasteiger partial charge in [-0.3, -0.25) is 4.79 Å². The Morgan fingerprint density at radius 2 is 1.65 bits per heavy atom. The van der Waals surface area contributed by atoms with Gasteiger partial charge in [-0.05, 0) is 30.5 Å². The van der Waals surface area contributed by atoms with Crippen molar-refractivity contribution in [2.45, 2.75) is 35.7 Å². The Morgan fingerprint density at radius 1 is 1.09 bits per heavy atom. The van der Waals surface area contributed by atoms with Crippen molar-refractivity contribution in [2.24, 2.45) is 0 Å². The van der Waals surface area contributed by atoms with Crippen molar-refractivity contribution in [2.75, 3.05) is 27.7 Å². The van der Waals surface area contributed by atoms with Crippen LogP contribution in [0.2, 0.25) is 0 Å². The molecule has 0 aliphatic carbocycles. The Kier molecular flexibility index (Phi) is 10.7. The second kappa shape index (κ2) is 12.3. The number of likely N-dealkylation sites (N-methyl/N-ethyl adjacent to an activating group) is 1. The smallest absolute Gasteiger partial charge is 0.430 e. The Labute approximate surface area is 200 Å². The molecule has 34 heavy (non-hydrogen) atoms. The van der Waals surface area contributed by atoms with Crippen LogP contribution < -0.4 is 9.83 Å². The van der Waals surface area contributed by atoms with E-state index in [1.54, 1.807) is 6.07 Å². The molecule has 0 radical (unpaired) electrons. The molecule has 0 unspecified atom stereocenters. The summed E-state index contributed by atoms with van der Waals surface area (Å²) < 4.78 is 60.2. The van der Waals surface area contributed by atoms with Crippen LogP contribution in [0, 0.1) is 0 Å². The number of carboxylic acid groups (broad SMARTS) is 2. The van der Waals surface area contributed by atoms with Gasteiger partial charge >= 0.3 is 12.1 Å². The van der Waals surface area contributed by atoms with Gasteiger partial charge in [-0.1, -0.05) is 30.3 Å². The number of carbonyl (C=O) groups excluding carboxylic acids is 1. The molecule has 1 heterocycles. The predicted octanol–water partition coefficient (Wildman–Crippen LogP) is 1.66. The van der Waals surface area contributed by atoms with Crippen molar-refractivity contribution in [3.05, 3.63) is 52.9 Å². The Hall–Kier alpha value is -2.48. The quantitative estimate of drug-likeness (QED) is 0.456. The number of carbonyl (C=O) groups is 2. The summed E-state index contributed by atoms with van der Waals surface area (Å²) in [4.78, 5) is 20.9. The molecule has 2 rings (SSSR count). The van der Waals surface area contributed by atoms with Gasteiger partial charge in [-0.15, -0.1) is 11.3 Å². The molecule has 0 spiro atoms. The summed E-state index contributed by atoms with van der Waals surface area (Å²) in [5.74, 6) is -4.03. The third-order valence-electron chi connectivity index (χ3n) is 4.15. The topological polar surface area (TPSA) is 124 Å². The monoisotopic (exact) mass is 524 g/mol. The Bertz CT molecular complexity index is 1050. The predicted molar refractivity (Wildman–Crippen MR) is 118 cm³/mol. The minimum Gasteiger partial charge on any atom is -0.542 e. The zero-order valence-electron chi connectivity index (χ0n) is 18.8. The number of halogens is 3. The highest BCUT2D eigenvalue weighted by Crippen LogP contribution is 2.23. The van der Waals surface area contributed by atoms with E-state index in [-0.39, 0.29) is 10.6 Å². The summed E-state index contributed by atoms with van der Waals surface area (Å²) >= 11 is 1.23. The lowest BCUT2D eigenvalue weighted by Crippen LogP contribution is -2.49. The summed E-state index contributed by atoms with van der Waals surface area (Å²) in [6.45, 7) is 0.387. The molecule has 0 fully saturated rings. The number of alkyl halides is 3. The van der Waals surface area contributed by atoms with Crippen molar-refractivity contribution < 1.29 is 45.9 Å². The van der Waals surface area contributed by atoms with Crippen LogP contribution in [0.15, 0.2) is 46.7 Å². The molecule has 1 aromatic heterocycles. The van der Waals surface area contributed by atoms with Crippen LogP contribution in [0.3, 0.4) is 0 Å². The first-order valence-corrected chi connectivity index (χ1v) is 12.2. The van der Waals surface area contributed by atoms with Crippen molar-refractivity contribution >= 4 is 33.3 Å². The minimum atomic E-state index is -5.19. The zero-order chi connectivity index (χ0) is 26.2. The molecular weight excluding hydrogens is 497 g/mol. The van der Waals surface area contributed by atoms with Crippen LogP contribution in [-0.2, 0) is 32.5 Å². The molecule has 2 N–H and O–H groups in total. The first kappa shape index (κ1) is 29.6. The number of nitrogens with zero attached hydrogens (tertiary/aromatic N) is 1.